The lowest BCUT2D eigenvalue weighted by Gasteiger charge is -2.38. The number of Topliss-reactive ketones (excluding diaryl/α,β-unsaturated/α-hetero) is 1. The highest BCUT2D eigenvalue weighted by molar-refractivity contribution is 6.15. The number of hydrogen-bond acceptors (Lipinski definition) is 5. The number of H-pyrrole nitrogens is 1. The number of carbonyl (C=O) groups is 2. The Balaban J connectivity index is 1.47. The number of likely N-dealkylation sites (N-methyl/N-ethyl adjacent to an activating group) is 1. The third-order valence-corrected chi connectivity index (χ3v) is 10.0. The van der Waals surface area contributed by atoms with Gasteiger partial charge in [0.15, 0.2) is 5.78 Å². The zero-order chi connectivity index (χ0) is 33.0. The average Bonchev–Trinajstić information content (AvgIpc) is 3.88. The summed E-state index contributed by atoms with van der Waals surface area (Å²) in [6.45, 7) is 4.25. The number of anilines is 1. The van der Waals surface area contributed by atoms with E-state index in [0.717, 1.165) is 33.4 Å². The average molecular weight is 629 g/mol. The predicted molar refractivity (Wildman–Crippen MR) is 186 cm³/mol. The van der Waals surface area contributed by atoms with E-state index >= 15 is 9.59 Å². The van der Waals surface area contributed by atoms with Crippen molar-refractivity contribution in [2.75, 3.05) is 25.0 Å². The topological polar surface area (TPSA) is 98.0 Å². The van der Waals surface area contributed by atoms with E-state index < -0.39 is 16.9 Å². The first-order valence-electron chi connectivity index (χ1n) is 15.9. The second-order valence-electron chi connectivity index (χ2n) is 12.5. The molecule has 234 valence electrons. The molecule has 0 aliphatic carbocycles. The van der Waals surface area contributed by atoms with Crippen molar-refractivity contribution < 1.29 is 9.59 Å². The summed E-state index contributed by atoms with van der Waals surface area (Å²) in [6, 6.07) is 37.3. The number of aromatic nitrogens is 3. The SMILES string of the molecule is C=CCN1C(=O)[C@]2(c3ccccc31)[C@H](c1cn(-c3ccccc3)nc1-c1ccccc1)[C@@](C#N)(C(=O)c1c[nH]c3ccccc13)CN2C. The smallest absolute Gasteiger partial charge is 0.253 e. The number of amides is 1. The summed E-state index contributed by atoms with van der Waals surface area (Å²) in [6.07, 6.45) is 5.30. The van der Waals surface area contributed by atoms with Gasteiger partial charge in [0.1, 0.15) is 11.0 Å². The van der Waals surface area contributed by atoms with Gasteiger partial charge in [-0.05, 0) is 31.3 Å². The van der Waals surface area contributed by atoms with E-state index in [0.29, 0.717) is 16.8 Å². The molecule has 4 aromatic carbocycles. The van der Waals surface area contributed by atoms with Crippen LogP contribution in [0.5, 0.6) is 0 Å². The molecular weight excluding hydrogens is 596 g/mol. The minimum Gasteiger partial charge on any atom is -0.360 e. The molecule has 1 N–H and O–H groups in total. The van der Waals surface area contributed by atoms with E-state index in [1.165, 1.54) is 0 Å². The molecule has 8 nitrogen and oxygen atoms in total. The van der Waals surface area contributed by atoms with Crippen LogP contribution in [0.1, 0.15) is 27.4 Å². The molecule has 3 atom stereocenters. The van der Waals surface area contributed by atoms with Crippen molar-refractivity contribution in [1.29, 1.82) is 5.26 Å². The fraction of sp³-hybridized carbons (Fsp3) is 0.150. The molecule has 0 radical (unpaired) electrons. The van der Waals surface area contributed by atoms with Gasteiger partial charge in [-0.25, -0.2) is 4.68 Å². The van der Waals surface area contributed by atoms with E-state index in [-0.39, 0.29) is 24.8 Å². The number of nitriles is 1. The Morgan fingerprint density at radius 2 is 1.69 bits per heavy atom. The molecule has 4 heterocycles. The molecule has 2 aliphatic heterocycles. The Morgan fingerprint density at radius 3 is 2.44 bits per heavy atom. The number of benzene rings is 4. The number of para-hydroxylation sites is 3. The number of nitrogens with one attached hydrogen (secondary N) is 1. The van der Waals surface area contributed by atoms with Crippen LogP contribution in [0.15, 0.2) is 134 Å². The second kappa shape index (κ2) is 11.0. The van der Waals surface area contributed by atoms with Gasteiger partial charge in [-0.15, -0.1) is 6.58 Å². The normalized spacial score (nSPS) is 21.9. The summed E-state index contributed by atoms with van der Waals surface area (Å²) in [5.41, 5.74) is 2.52. The quantitative estimate of drug-likeness (QED) is 0.154. The maximum Gasteiger partial charge on any atom is 0.253 e. The number of carbonyl (C=O) groups excluding carboxylic acids is 2. The summed E-state index contributed by atoms with van der Waals surface area (Å²) in [5.74, 6) is -1.49. The molecule has 8 rings (SSSR count). The molecule has 2 aromatic heterocycles. The van der Waals surface area contributed by atoms with Crippen LogP contribution in [0.4, 0.5) is 5.69 Å². The Bertz CT molecular complexity index is 2270. The standard InChI is InChI=1S/C40H32N6O2/c1-3-22-45-34-21-13-11-19-32(34)40(38(45)48)36(31-24-46(28-16-8-5-9-17-28)43-35(31)27-14-6-4-7-15-27)39(25-41,26-44(40)2)37(47)30-23-42-33-20-12-10-18-29(30)33/h3-21,23-24,36,42H,1,22,26H2,2H3/t36-,39+,40+/m1/s1. The number of fused-ring (bicyclic) bond motifs is 3. The largest absolute Gasteiger partial charge is 0.360 e. The van der Waals surface area contributed by atoms with Gasteiger partial charge in [-0.1, -0.05) is 91.0 Å². The molecule has 0 bridgehead atoms. The molecule has 6 aromatic rings. The van der Waals surface area contributed by atoms with Crippen LogP contribution in [0.3, 0.4) is 0 Å². The van der Waals surface area contributed by atoms with Crippen LogP contribution in [-0.2, 0) is 10.3 Å². The first kappa shape index (κ1) is 29.4. The van der Waals surface area contributed by atoms with Gasteiger partial charge in [-0.3, -0.25) is 14.5 Å². The fourth-order valence-electron chi connectivity index (χ4n) is 8.06. The number of likely N-dealkylation sites (tertiary alicyclic amines) is 1. The maximum absolute atomic E-state index is 15.3. The number of nitrogens with zero attached hydrogens (tertiary/aromatic N) is 5. The molecule has 1 spiro atoms. The lowest BCUT2D eigenvalue weighted by molar-refractivity contribution is -0.128. The van der Waals surface area contributed by atoms with Crippen molar-refractivity contribution in [2.24, 2.45) is 5.41 Å². The van der Waals surface area contributed by atoms with Gasteiger partial charge >= 0.3 is 0 Å². The first-order valence-corrected chi connectivity index (χ1v) is 15.9. The maximum atomic E-state index is 15.3. The third-order valence-electron chi connectivity index (χ3n) is 10.0. The van der Waals surface area contributed by atoms with Crippen molar-refractivity contribution in [1.82, 2.24) is 19.7 Å². The second-order valence-corrected chi connectivity index (χ2v) is 12.5. The fourth-order valence-corrected chi connectivity index (χ4v) is 8.06. The van der Waals surface area contributed by atoms with E-state index in [4.69, 9.17) is 5.10 Å². The highest BCUT2D eigenvalue weighted by Crippen LogP contribution is 2.64. The zero-order valence-electron chi connectivity index (χ0n) is 26.4. The number of hydrogen-bond donors (Lipinski definition) is 1. The van der Waals surface area contributed by atoms with Crippen LogP contribution >= 0.6 is 0 Å². The summed E-state index contributed by atoms with van der Waals surface area (Å²) < 4.78 is 1.79. The Labute approximate surface area is 278 Å². The molecule has 8 heteroatoms. The Morgan fingerprint density at radius 1 is 1.00 bits per heavy atom. The van der Waals surface area contributed by atoms with E-state index in [1.807, 2.05) is 127 Å². The molecule has 0 unspecified atom stereocenters. The molecule has 48 heavy (non-hydrogen) atoms. The van der Waals surface area contributed by atoms with Crippen molar-refractivity contribution >= 4 is 28.3 Å². The van der Waals surface area contributed by atoms with Crippen molar-refractivity contribution in [3.8, 4) is 23.0 Å². The van der Waals surface area contributed by atoms with E-state index in [9.17, 15) is 5.26 Å². The number of ketones is 1. The molecular formula is C40H32N6O2. The van der Waals surface area contributed by atoms with E-state index in [2.05, 4.69) is 17.6 Å². The molecule has 1 saturated heterocycles. The molecule has 1 amide bonds. The van der Waals surface area contributed by atoms with Gasteiger partial charge in [0.25, 0.3) is 5.91 Å². The van der Waals surface area contributed by atoms with Crippen molar-refractivity contribution in [3.05, 3.63) is 151 Å². The molecule has 0 saturated carbocycles. The van der Waals surface area contributed by atoms with Crippen LogP contribution < -0.4 is 4.90 Å². The van der Waals surface area contributed by atoms with Crippen molar-refractivity contribution in [2.45, 2.75) is 11.5 Å². The van der Waals surface area contributed by atoms with Gasteiger partial charge < -0.3 is 9.88 Å². The predicted octanol–water partition coefficient (Wildman–Crippen LogP) is 6.87. The number of rotatable bonds is 7. The van der Waals surface area contributed by atoms with Crippen LogP contribution in [-0.4, -0.2) is 51.5 Å². The van der Waals surface area contributed by atoms with E-state index in [1.54, 1.807) is 21.9 Å². The summed E-state index contributed by atoms with van der Waals surface area (Å²) >= 11 is 0. The first-order chi connectivity index (χ1) is 23.5. The highest BCUT2D eigenvalue weighted by Gasteiger charge is 2.72. The Hall–Kier alpha value is -6.04. The minimum absolute atomic E-state index is 0.0270. The van der Waals surface area contributed by atoms with Gasteiger partial charge in [0.05, 0.1) is 17.5 Å². The monoisotopic (exact) mass is 628 g/mol. The molecule has 2 aliphatic rings. The lowest BCUT2D eigenvalue weighted by Crippen LogP contribution is -2.51. The third kappa shape index (κ3) is 3.95. The number of aromatic amines is 1. The van der Waals surface area contributed by atoms with Gasteiger partial charge in [0, 0.05) is 70.2 Å². The van der Waals surface area contributed by atoms with Gasteiger partial charge in [0.2, 0.25) is 0 Å². The molecule has 1 fully saturated rings. The Kier molecular flexibility index (Phi) is 6.76. The van der Waals surface area contributed by atoms with Crippen LogP contribution in [0.25, 0.3) is 27.8 Å². The minimum atomic E-state index is -1.68. The van der Waals surface area contributed by atoms with Crippen LogP contribution in [0.2, 0.25) is 0 Å². The van der Waals surface area contributed by atoms with Crippen LogP contribution in [0, 0.1) is 16.7 Å². The van der Waals surface area contributed by atoms with Crippen molar-refractivity contribution in [3.63, 3.8) is 0 Å². The summed E-state index contributed by atoms with van der Waals surface area (Å²) in [4.78, 5) is 37.3. The highest BCUT2D eigenvalue weighted by atomic mass is 16.2. The summed E-state index contributed by atoms with van der Waals surface area (Å²) in [5, 5.41) is 17.3. The lowest BCUT2D eigenvalue weighted by atomic mass is 9.62. The zero-order valence-corrected chi connectivity index (χ0v) is 26.4. The summed E-state index contributed by atoms with van der Waals surface area (Å²) in [7, 11) is 1.85. The van der Waals surface area contributed by atoms with Gasteiger partial charge in [-0.2, -0.15) is 10.4 Å².